The molecule has 0 unspecified atom stereocenters. The maximum absolute atomic E-state index is 13.4. The van der Waals surface area contributed by atoms with E-state index in [0.29, 0.717) is 5.56 Å². The van der Waals surface area contributed by atoms with Crippen molar-refractivity contribution in [2.45, 2.75) is 6.92 Å². The zero-order valence-electron chi connectivity index (χ0n) is 7.92. The van der Waals surface area contributed by atoms with Gasteiger partial charge in [-0.15, -0.1) is 0 Å². The number of rotatable bonds is 1. The smallest absolute Gasteiger partial charge is 0.138 e. The number of hydrogen-bond acceptors (Lipinski definition) is 0. The Morgan fingerprint density at radius 1 is 1.00 bits per heavy atom. The number of halogens is 1. The van der Waals surface area contributed by atoms with Crippen LogP contribution in [0, 0.1) is 18.8 Å². The fraction of sp³-hybridized carbons (Fsp3) is 0.0769. The second kappa shape index (κ2) is 3.62. The average molecular weight is 185 g/mol. The first-order valence-electron chi connectivity index (χ1n) is 4.51. The minimum absolute atomic E-state index is 0.290. The van der Waals surface area contributed by atoms with Crippen molar-refractivity contribution >= 4 is 0 Å². The molecule has 0 aliphatic carbocycles. The third kappa shape index (κ3) is 1.53. The van der Waals surface area contributed by atoms with Crippen molar-refractivity contribution in [1.82, 2.24) is 0 Å². The zero-order chi connectivity index (χ0) is 9.97. The Morgan fingerprint density at radius 3 is 2.43 bits per heavy atom. The van der Waals surface area contributed by atoms with Crippen molar-refractivity contribution in [2.24, 2.45) is 0 Å². The minimum atomic E-state index is -0.290. The number of aryl methyl sites for hydroxylation is 1. The van der Waals surface area contributed by atoms with Crippen LogP contribution in [0.25, 0.3) is 11.1 Å². The summed E-state index contributed by atoms with van der Waals surface area (Å²) in [5.74, 6) is -0.290. The van der Waals surface area contributed by atoms with Gasteiger partial charge in [0.1, 0.15) is 5.82 Å². The first-order valence-corrected chi connectivity index (χ1v) is 4.51. The molecule has 0 saturated heterocycles. The van der Waals surface area contributed by atoms with Gasteiger partial charge >= 0.3 is 0 Å². The molecule has 0 aromatic heterocycles. The molecule has 0 atom stereocenters. The van der Waals surface area contributed by atoms with Crippen LogP contribution in [0.1, 0.15) is 5.56 Å². The van der Waals surface area contributed by atoms with Gasteiger partial charge in [-0.25, -0.2) is 4.39 Å². The maximum atomic E-state index is 13.4. The van der Waals surface area contributed by atoms with Gasteiger partial charge in [-0.05, 0) is 18.1 Å². The Morgan fingerprint density at radius 2 is 1.71 bits per heavy atom. The second-order valence-electron chi connectivity index (χ2n) is 3.21. The summed E-state index contributed by atoms with van der Waals surface area (Å²) in [6, 6.07) is 15.5. The van der Waals surface area contributed by atoms with E-state index in [0.717, 1.165) is 11.1 Å². The van der Waals surface area contributed by atoms with Crippen LogP contribution in [0.5, 0.6) is 0 Å². The van der Waals surface area contributed by atoms with Crippen molar-refractivity contribution in [2.75, 3.05) is 0 Å². The standard InChI is InChI=1S/C13H10F/c1-10-6-2-3-7-11(10)12-8-4-5-9-13(12)14/h2-8H,1H3. The Hall–Kier alpha value is -1.63. The molecule has 14 heavy (non-hydrogen) atoms. The molecule has 0 heterocycles. The molecule has 0 aliphatic rings. The molecule has 0 N–H and O–H groups in total. The van der Waals surface area contributed by atoms with E-state index in [-0.39, 0.29) is 5.82 Å². The van der Waals surface area contributed by atoms with Gasteiger partial charge in [-0.2, -0.15) is 0 Å². The Labute approximate surface area is 83.0 Å². The molecule has 2 aromatic rings. The highest BCUT2D eigenvalue weighted by molar-refractivity contribution is 5.67. The lowest BCUT2D eigenvalue weighted by atomic mass is 10.0. The first-order chi connectivity index (χ1) is 6.79. The van der Waals surface area contributed by atoms with E-state index in [1.54, 1.807) is 18.2 Å². The van der Waals surface area contributed by atoms with Crippen LogP contribution in [0.3, 0.4) is 0 Å². The maximum Gasteiger partial charge on any atom is 0.138 e. The van der Waals surface area contributed by atoms with E-state index in [1.165, 1.54) is 0 Å². The average Bonchev–Trinajstić information content (AvgIpc) is 2.20. The van der Waals surface area contributed by atoms with Gasteiger partial charge in [-0.1, -0.05) is 42.5 Å². The first kappa shape index (κ1) is 8.95. The molecule has 0 saturated carbocycles. The fourth-order valence-corrected chi connectivity index (χ4v) is 1.50. The third-order valence-electron chi connectivity index (χ3n) is 2.24. The highest BCUT2D eigenvalue weighted by Crippen LogP contribution is 2.24. The van der Waals surface area contributed by atoms with Gasteiger partial charge in [-0.3, -0.25) is 0 Å². The Balaban J connectivity index is 2.61. The number of hydrogen-bond donors (Lipinski definition) is 0. The van der Waals surface area contributed by atoms with E-state index in [4.69, 9.17) is 0 Å². The summed E-state index contributed by atoms with van der Waals surface area (Å²) in [4.78, 5) is 0. The summed E-state index contributed by atoms with van der Waals surface area (Å²) in [7, 11) is 0. The molecular formula is C13H10F. The van der Waals surface area contributed by atoms with Gasteiger partial charge < -0.3 is 0 Å². The van der Waals surface area contributed by atoms with E-state index in [2.05, 4.69) is 6.07 Å². The highest BCUT2D eigenvalue weighted by atomic mass is 19.1. The molecule has 2 rings (SSSR count). The molecule has 0 bridgehead atoms. The predicted octanol–water partition coefficient (Wildman–Crippen LogP) is 3.60. The summed E-state index contributed by atoms with van der Waals surface area (Å²) in [5.41, 5.74) is 2.62. The van der Waals surface area contributed by atoms with Gasteiger partial charge in [0.25, 0.3) is 0 Å². The van der Waals surface area contributed by atoms with Gasteiger partial charge in [0.15, 0.2) is 0 Å². The predicted molar refractivity (Wildman–Crippen MR) is 55.4 cm³/mol. The molecule has 1 heteroatoms. The lowest BCUT2D eigenvalue weighted by molar-refractivity contribution is 0.629. The van der Waals surface area contributed by atoms with Crippen LogP contribution in [0.2, 0.25) is 0 Å². The zero-order valence-corrected chi connectivity index (χ0v) is 7.92. The van der Waals surface area contributed by atoms with E-state index in [9.17, 15) is 4.39 Å². The highest BCUT2D eigenvalue weighted by Gasteiger charge is 2.05. The van der Waals surface area contributed by atoms with E-state index < -0.39 is 0 Å². The molecule has 1 radical (unpaired) electrons. The van der Waals surface area contributed by atoms with Crippen molar-refractivity contribution in [3.8, 4) is 11.1 Å². The quantitative estimate of drug-likeness (QED) is 0.636. The molecule has 69 valence electrons. The number of benzene rings is 2. The summed E-state index contributed by atoms with van der Waals surface area (Å²) in [6.07, 6.45) is 0. The lowest BCUT2D eigenvalue weighted by Crippen LogP contribution is -1.86. The molecule has 0 nitrogen and oxygen atoms in total. The topological polar surface area (TPSA) is 0 Å². The summed E-state index contributed by atoms with van der Waals surface area (Å²) >= 11 is 0. The van der Waals surface area contributed by atoms with Crippen molar-refractivity contribution < 1.29 is 4.39 Å². The van der Waals surface area contributed by atoms with Crippen LogP contribution < -0.4 is 0 Å². The molecular weight excluding hydrogens is 175 g/mol. The van der Waals surface area contributed by atoms with Crippen LogP contribution in [0.4, 0.5) is 4.39 Å². The largest absolute Gasteiger partial charge is 0.206 e. The molecule has 0 amide bonds. The van der Waals surface area contributed by atoms with Crippen LogP contribution in [0.15, 0.2) is 42.5 Å². The van der Waals surface area contributed by atoms with E-state index >= 15 is 0 Å². The van der Waals surface area contributed by atoms with Crippen molar-refractivity contribution in [1.29, 1.82) is 0 Å². The molecule has 0 aliphatic heterocycles. The third-order valence-corrected chi connectivity index (χ3v) is 2.24. The Kier molecular flexibility index (Phi) is 2.32. The normalized spacial score (nSPS) is 10.1. The Bertz CT molecular complexity index is 403. The second-order valence-corrected chi connectivity index (χ2v) is 3.21. The molecule has 0 fully saturated rings. The van der Waals surface area contributed by atoms with Gasteiger partial charge in [0.2, 0.25) is 0 Å². The van der Waals surface area contributed by atoms with Crippen LogP contribution >= 0.6 is 0 Å². The molecule has 2 aromatic carbocycles. The van der Waals surface area contributed by atoms with Crippen molar-refractivity contribution in [3.05, 3.63) is 59.9 Å². The summed E-state index contributed by atoms with van der Waals surface area (Å²) in [5, 5.41) is 0. The minimum Gasteiger partial charge on any atom is -0.206 e. The summed E-state index contributed by atoms with van der Waals surface area (Å²) < 4.78 is 13.4. The monoisotopic (exact) mass is 185 g/mol. The van der Waals surface area contributed by atoms with E-state index in [1.807, 2.05) is 31.2 Å². The van der Waals surface area contributed by atoms with Crippen LogP contribution in [-0.2, 0) is 0 Å². The fourth-order valence-electron chi connectivity index (χ4n) is 1.50. The van der Waals surface area contributed by atoms with Gasteiger partial charge in [0, 0.05) is 11.6 Å². The molecule has 0 spiro atoms. The van der Waals surface area contributed by atoms with Gasteiger partial charge in [0.05, 0.1) is 0 Å². The van der Waals surface area contributed by atoms with Crippen LogP contribution in [-0.4, -0.2) is 0 Å². The lowest BCUT2D eigenvalue weighted by Gasteiger charge is -2.05. The SMILES string of the molecule is Cc1ccccc1-c1ccc[c]c1F. The van der Waals surface area contributed by atoms with Crippen molar-refractivity contribution in [3.63, 3.8) is 0 Å². The summed E-state index contributed by atoms with van der Waals surface area (Å²) in [6.45, 7) is 1.97.